The fraction of sp³-hybridized carbons (Fsp3) is 0.188. The molecular weight excluding hydrogens is 328 g/mol. The summed E-state index contributed by atoms with van der Waals surface area (Å²) >= 11 is 7.29. The number of amides is 1. The molecule has 0 fully saturated rings. The number of hydrogen-bond acceptors (Lipinski definition) is 2. The molecule has 2 aromatic rings. The van der Waals surface area contributed by atoms with Crippen molar-refractivity contribution in [1.29, 1.82) is 0 Å². The predicted octanol–water partition coefficient (Wildman–Crippen LogP) is 4.88. The van der Waals surface area contributed by atoms with Gasteiger partial charge in [-0.3, -0.25) is 4.79 Å². The number of halogens is 3. The third-order valence-electron chi connectivity index (χ3n) is 2.94. The van der Waals surface area contributed by atoms with Crippen molar-refractivity contribution in [2.45, 2.75) is 17.9 Å². The van der Waals surface area contributed by atoms with Crippen LogP contribution in [0.15, 0.2) is 42.5 Å². The third kappa shape index (κ3) is 4.71. The molecule has 2 rings (SSSR count). The molecule has 0 aliphatic rings. The number of anilines is 1. The maximum Gasteiger partial charge on any atom is 0.237 e. The second-order valence-corrected chi connectivity index (χ2v) is 6.46. The molecule has 2 aromatic carbocycles. The molecule has 0 heterocycles. The summed E-state index contributed by atoms with van der Waals surface area (Å²) in [6.07, 6.45) is 0. The zero-order valence-corrected chi connectivity index (χ0v) is 13.3. The average Bonchev–Trinajstić information content (AvgIpc) is 2.48. The Morgan fingerprint density at radius 1 is 1.27 bits per heavy atom. The molecule has 1 N–H and O–H groups in total. The maximum absolute atomic E-state index is 13.5. The average molecular weight is 342 g/mol. The van der Waals surface area contributed by atoms with E-state index in [1.807, 2.05) is 18.2 Å². The van der Waals surface area contributed by atoms with Gasteiger partial charge in [0.2, 0.25) is 5.91 Å². The van der Waals surface area contributed by atoms with Crippen LogP contribution in [0.5, 0.6) is 0 Å². The Kier molecular flexibility index (Phi) is 5.80. The normalized spacial score (nSPS) is 12.0. The van der Waals surface area contributed by atoms with E-state index in [1.54, 1.807) is 13.0 Å². The monoisotopic (exact) mass is 341 g/mol. The van der Waals surface area contributed by atoms with Crippen molar-refractivity contribution < 1.29 is 13.6 Å². The summed E-state index contributed by atoms with van der Waals surface area (Å²) in [5.41, 5.74) is 0.842. The Morgan fingerprint density at radius 3 is 2.77 bits per heavy atom. The molecule has 1 atom stereocenters. The molecule has 0 bridgehead atoms. The molecule has 1 unspecified atom stereocenters. The fourth-order valence-corrected chi connectivity index (χ4v) is 2.80. The summed E-state index contributed by atoms with van der Waals surface area (Å²) in [5, 5.41) is 2.62. The molecule has 0 aromatic heterocycles. The van der Waals surface area contributed by atoms with Crippen LogP contribution in [-0.2, 0) is 10.5 Å². The Balaban J connectivity index is 1.93. The van der Waals surface area contributed by atoms with Gasteiger partial charge in [-0.25, -0.2) is 8.78 Å². The van der Waals surface area contributed by atoms with Gasteiger partial charge in [0.15, 0.2) is 0 Å². The Labute approximate surface area is 136 Å². The van der Waals surface area contributed by atoms with E-state index in [4.69, 9.17) is 11.6 Å². The van der Waals surface area contributed by atoms with E-state index in [9.17, 15) is 13.6 Å². The zero-order chi connectivity index (χ0) is 16.1. The number of hydrogen-bond donors (Lipinski definition) is 1. The largest absolute Gasteiger partial charge is 0.323 e. The van der Waals surface area contributed by atoms with Gasteiger partial charge in [-0.2, -0.15) is 0 Å². The van der Waals surface area contributed by atoms with Gasteiger partial charge in [0, 0.05) is 16.8 Å². The summed E-state index contributed by atoms with van der Waals surface area (Å²) < 4.78 is 26.6. The number of nitrogens with one attached hydrogen (secondary N) is 1. The van der Waals surface area contributed by atoms with Gasteiger partial charge in [0.05, 0.1) is 10.9 Å². The summed E-state index contributed by atoms with van der Waals surface area (Å²) in [6.45, 7) is 1.71. The quantitative estimate of drug-likeness (QED) is 0.839. The molecule has 0 aliphatic heterocycles. The maximum atomic E-state index is 13.5. The molecule has 0 spiro atoms. The van der Waals surface area contributed by atoms with Crippen LogP contribution in [0.1, 0.15) is 12.5 Å². The van der Waals surface area contributed by atoms with Crippen LogP contribution in [-0.4, -0.2) is 11.2 Å². The minimum Gasteiger partial charge on any atom is -0.323 e. The topological polar surface area (TPSA) is 29.1 Å². The van der Waals surface area contributed by atoms with E-state index in [2.05, 4.69) is 5.32 Å². The van der Waals surface area contributed by atoms with Gasteiger partial charge in [-0.15, -0.1) is 11.8 Å². The lowest BCUT2D eigenvalue weighted by Crippen LogP contribution is -2.23. The minimum absolute atomic E-state index is 0.153. The van der Waals surface area contributed by atoms with Crippen molar-refractivity contribution in [3.8, 4) is 0 Å². The molecule has 1 amide bonds. The molecule has 2 nitrogen and oxygen atoms in total. The molecule has 0 saturated carbocycles. The van der Waals surface area contributed by atoms with Gasteiger partial charge in [0.1, 0.15) is 11.6 Å². The van der Waals surface area contributed by atoms with Crippen LogP contribution in [0.3, 0.4) is 0 Å². The Morgan fingerprint density at radius 2 is 2.05 bits per heavy atom. The second kappa shape index (κ2) is 7.61. The summed E-state index contributed by atoms with van der Waals surface area (Å²) in [7, 11) is 0. The molecule has 6 heteroatoms. The Bertz CT molecular complexity index is 681. The zero-order valence-electron chi connectivity index (χ0n) is 11.8. The highest BCUT2D eigenvalue weighted by Gasteiger charge is 2.16. The Hall–Kier alpha value is -1.59. The van der Waals surface area contributed by atoms with Crippen molar-refractivity contribution in [2.24, 2.45) is 0 Å². The molecule has 0 saturated heterocycles. The van der Waals surface area contributed by atoms with Gasteiger partial charge in [-0.1, -0.05) is 23.7 Å². The molecule has 0 aliphatic carbocycles. The predicted molar refractivity (Wildman–Crippen MR) is 87.2 cm³/mol. The molecule has 22 heavy (non-hydrogen) atoms. The van der Waals surface area contributed by atoms with Crippen LogP contribution in [0.2, 0.25) is 5.02 Å². The smallest absolute Gasteiger partial charge is 0.237 e. The second-order valence-electron chi connectivity index (χ2n) is 4.70. The van der Waals surface area contributed by atoms with Crippen molar-refractivity contribution in [3.63, 3.8) is 0 Å². The number of carbonyl (C=O) groups excluding carboxylic acids is 1. The van der Waals surface area contributed by atoms with E-state index < -0.39 is 16.9 Å². The molecule has 0 radical (unpaired) electrons. The van der Waals surface area contributed by atoms with Crippen molar-refractivity contribution >= 4 is 35.0 Å². The van der Waals surface area contributed by atoms with Gasteiger partial charge in [-0.05, 0) is 36.8 Å². The third-order valence-corrected chi connectivity index (χ3v) is 4.39. The van der Waals surface area contributed by atoms with E-state index in [0.717, 1.165) is 23.8 Å². The first-order valence-corrected chi connectivity index (χ1v) is 8.00. The van der Waals surface area contributed by atoms with Gasteiger partial charge >= 0.3 is 0 Å². The summed E-state index contributed by atoms with van der Waals surface area (Å²) in [6, 6.07) is 10.3. The van der Waals surface area contributed by atoms with Gasteiger partial charge < -0.3 is 5.32 Å². The summed E-state index contributed by atoms with van der Waals surface area (Å²) in [5.74, 6) is -1.05. The van der Waals surface area contributed by atoms with Crippen LogP contribution < -0.4 is 5.32 Å². The lowest BCUT2D eigenvalue weighted by atomic mass is 10.2. The number of thioether (sulfide) groups is 1. The lowest BCUT2D eigenvalue weighted by Gasteiger charge is -2.12. The van der Waals surface area contributed by atoms with Crippen LogP contribution in [0.25, 0.3) is 0 Å². The SMILES string of the molecule is CC(SCc1cccc(Cl)c1)C(=O)Nc1cc(F)ccc1F. The molecular formula is C16H14ClF2NOS. The summed E-state index contributed by atoms with van der Waals surface area (Å²) in [4.78, 5) is 12.0. The highest BCUT2D eigenvalue weighted by molar-refractivity contribution is 7.99. The van der Waals surface area contributed by atoms with Crippen LogP contribution in [0.4, 0.5) is 14.5 Å². The van der Waals surface area contributed by atoms with E-state index in [1.165, 1.54) is 11.8 Å². The van der Waals surface area contributed by atoms with E-state index >= 15 is 0 Å². The minimum atomic E-state index is -0.665. The van der Waals surface area contributed by atoms with Crippen LogP contribution >= 0.6 is 23.4 Å². The fourth-order valence-electron chi connectivity index (χ4n) is 1.75. The first-order chi connectivity index (χ1) is 10.5. The highest BCUT2D eigenvalue weighted by atomic mass is 35.5. The van der Waals surface area contributed by atoms with Crippen molar-refractivity contribution in [1.82, 2.24) is 0 Å². The lowest BCUT2D eigenvalue weighted by molar-refractivity contribution is -0.115. The van der Waals surface area contributed by atoms with E-state index in [-0.39, 0.29) is 11.6 Å². The first-order valence-electron chi connectivity index (χ1n) is 6.57. The number of carbonyl (C=O) groups is 1. The highest BCUT2D eigenvalue weighted by Crippen LogP contribution is 2.22. The number of benzene rings is 2. The first kappa shape index (κ1) is 16.8. The van der Waals surface area contributed by atoms with Crippen molar-refractivity contribution in [3.05, 3.63) is 64.7 Å². The standard InChI is InChI=1S/C16H14ClF2NOS/c1-10(22-9-11-3-2-4-12(17)7-11)16(21)20-15-8-13(18)5-6-14(15)19/h2-8,10H,9H2,1H3,(H,20,21). The number of rotatable bonds is 5. The van der Waals surface area contributed by atoms with Crippen LogP contribution in [0, 0.1) is 11.6 Å². The van der Waals surface area contributed by atoms with E-state index in [0.29, 0.717) is 10.8 Å². The molecule has 116 valence electrons. The van der Waals surface area contributed by atoms with Crippen molar-refractivity contribution in [2.75, 3.05) is 5.32 Å². The van der Waals surface area contributed by atoms with Gasteiger partial charge in [0.25, 0.3) is 0 Å².